The van der Waals surface area contributed by atoms with Gasteiger partial charge in [0.25, 0.3) is 0 Å². The first-order chi connectivity index (χ1) is 14.2. The molecule has 3 rings (SSSR count). The second-order valence-electron chi connectivity index (χ2n) is 6.75. The Bertz CT molecular complexity index is 935. The number of likely N-dealkylation sites (N-methyl/N-ethyl adjacent to an activating group) is 1. The fourth-order valence-electron chi connectivity index (χ4n) is 3.06. The summed E-state index contributed by atoms with van der Waals surface area (Å²) in [5, 5.41) is 17.2. The van der Waals surface area contributed by atoms with Crippen molar-refractivity contribution < 1.29 is 19.5 Å². The smallest absolute Gasteiger partial charge is 0.321 e. The molecule has 1 fully saturated rings. The summed E-state index contributed by atoms with van der Waals surface area (Å²) in [6.07, 6.45) is -0.635. The number of thiophene rings is 1. The lowest BCUT2D eigenvalue weighted by Gasteiger charge is -2.26. The summed E-state index contributed by atoms with van der Waals surface area (Å²) < 4.78 is 0.654. The van der Waals surface area contributed by atoms with Crippen LogP contribution in [0.25, 0.3) is 0 Å². The number of primary amides is 1. The van der Waals surface area contributed by atoms with Crippen molar-refractivity contribution in [1.29, 1.82) is 0 Å². The molecule has 5 N–H and O–H groups in total. The molecule has 0 radical (unpaired) electrons. The van der Waals surface area contributed by atoms with E-state index in [1.165, 1.54) is 32.5 Å². The molecule has 5 amide bonds. The van der Waals surface area contributed by atoms with Crippen molar-refractivity contribution in [2.24, 2.45) is 5.73 Å². The van der Waals surface area contributed by atoms with Crippen LogP contribution >= 0.6 is 34.3 Å². The largest absolute Gasteiger partial charge is 0.391 e. The lowest BCUT2D eigenvalue weighted by Crippen LogP contribution is -2.48. The number of aromatic nitrogens is 1. The van der Waals surface area contributed by atoms with Gasteiger partial charge in [-0.2, -0.15) is 0 Å². The molecule has 2 aromatic rings. The van der Waals surface area contributed by atoms with Crippen molar-refractivity contribution in [2.45, 2.75) is 31.7 Å². The molecule has 10 nitrogen and oxygen atoms in total. The SMILES string of the molecule is CN(Cc1csc(NC(=O)NCc2ccc(Cl)s2)n1)C(=O)C1CC(O)CN1C(N)=O. The lowest BCUT2D eigenvalue weighted by molar-refractivity contribution is -0.134. The number of amides is 5. The highest BCUT2D eigenvalue weighted by atomic mass is 35.5. The van der Waals surface area contributed by atoms with E-state index in [0.717, 1.165) is 4.88 Å². The highest BCUT2D eigenvalue weighted by molar-refractivity contribution is 7.16. The van der Waals surface area contributed by atoms with Gasteiger partial charge < -0.3 is 26.0 Å². The van der Waals surface area contributed by atoms with Gasteiger partial charge in [0.15, 0.2) is 5.13 Å². The summed E-state index contributed by atoms with van der Waals surface area (Å²) in [6, 6.07) is 1.66. The maximum atomic E-state index is 12.7. The van der Waals surface area contributed by atoms with Crippen molar-refractivity contribution in [3.8, 4) is 0 Å². The third kappa shape index (κ3) is 5.59. The summed E-state index contributed by atoms with van der Waals surface area (Å²) in [7, 11) is 1.58. The van der Waals surface area contributed by atoms with Crippen LogP contribution in [0, 0.1) is 0 Å². The third-order valence-electron chi connectivity index (χ3n) is 4.45. The average molecular weight is 473 g/mol. The van der Waals surface area contributed by atoms with Gasteiger partial charge in [-0.25, -0.2) is 14.6 Å². The first-order valence-electron chi connectivity index (χ1n) is 8.95. The highest BCUT2D eigenvalue weighted by Crippen LogP contribution is 2.22. The molecule has 1 aliphatic rings. The maximum Gasteiger partial charge on any atom is 0.321 e. The van der Waals surface area contributed by atoms with Gasteiger partial charge in [0.1, 0.15) is 6.04 Å². The number of nitrogens with zero attached hydrogens (tertiary/aromatic N) is 3. The molecule has 0 spiro atoms. The molecule has 2 aromatic heterocycles. The monoisotopic (exact) mass is 472 g/mol. The van der Waals surface area contributed by atoms with Crippen LogP contribution in [0.3, 0.4) is 0 Å². The van der Waals surface area contributed by atoms with Crippen LogP contribution in [0.2, 0.25) is 4.34 Å². The number of anilines is 1. The van der Waals surface area contributed by atoms with E-state index >= 15 is 0 Å². The topological polar surface area (TPSA) is 141 Å². The highest BCUT2D eigenvalue weighted by Gasteiger charge is 2.39. The predicted molar refractivity (Wildman–Crippen MR) is 114 cm³/mol. The quantitative estimate of drug-likeness (QED) is 0.506. The number of hydrogen-bond acceptors (Lipinski definition) is 7. The normalized spacial score (nSPS) is 18.3. The molecule has 13 heteroatoms. The number of thiazole rings is 1. The van der Waals surface area contributed by atoms with Crippen molar-refractivity contribution in [1.82, 2.24) is 20.1 Å². The van der Waals surface area contributed by atoms with Crippen LogP contribution < -0.4 is 16.4 Å². The van der Waals surface area contributed by atoms with Crippen LogP contribution in [0.1, 0.15) is 17.0 Å². The van der Waals surface area contributed by atoms with Crippen LogP contribution in [-0.2, 0) is 17.9 Å². The van der Waals surface area contributed by atoms with Gasteiger partial charge in [0.2, 0.25) is 5.91 Å². The zero-order valence-electron chi connectivity index (χ0n) is 16.0. The Balaban J connectivity index is 1.51. The number of halogens is 1. The average Bonchev–Trinajstić information content (AvgIpc) is 3.40. The van der Waals surface area contributed by atoms with E-state index in [4.69, 9.17) is 17.3 Å². The van der Waals surface area contributed by atoms with Crippen molar-refractivity contribution in [3.63, 3.8) is 0 Å². The van der Waals surface area contributed by atoms with Crippen molar-refractivity contribution in [2.75, 3.05) is 18.9 Å². The van der Waals surface area contributed by atoms with E-state index in [-0.39, 0.29) is 25.4 Å². The molecule has 0 saturated carbocycles. The number of β-amino-alcohol motifs (C(OH)–C–C–N with tert-alkyl or cyclic N) is 1. The van der Waals surface area contributed by atoms with E-state index in [9.17, 15) is 19.5 Å². The van der Waals surface area contributed by atoms with Gasteiger partial charge in [0.05, 0.1) is 29.2 Å². The molecular weight excluding hydrogens is 452 g/mol. The third-order valence-corrected chi connectivity index (χ3v) is 6.48. The van der Waals surface area contributed by atoms with Crippen molar-refractivity contribution >= 4 is 57.4 Å². The summed E-state index contributed by atoms with van der Waals surface area (Å²) >= 11 is 8.48. The van der Waals surface area contributed by atoms with Gasteiger partial charge >= 0.3 is 12.1 Å². The van der Waals surface area contributed by atoms with Crippen LogP contribution in [0.5, 0.6) is 0 Å². The van der Waals surface area contributed by atoms with E-state index < -0.39 is 24.2 Å². The molecule has 162 valence electrons. The number of carbonyl (C=O) groups excluding carboxylic acids is 3. The Morgan fingerprint density at radius 1 is 1.43 bits per heavy atom. The number of likely N-dealkylation sites (tertiary alicyclic amines) is 1. The molecule has 0 aliphatic carbocycles. The zero-order valence-corrected chi connectivity index (χ0v) is 18.4. The summed E-state index contributed by atoms with van der Waals surface area (Å²) in [5.41, 5.74) is 5.88. The number of nitrogens with two attached hydrogens (primary N) is 1. The van der Waals surface area contributed by atoms with E-state index in [0.29, 0.717) is 21.7 Å². The molecule has 1 saturated heterocycles. The van der Waals surface area contributed by atoms with E-state index in [2.05, 4.69) is 15.6 Å². The number of aliphatic hydroxyl groups is 1. The van der Waals surface area contributed by atoms with Gasteiger partial charge in [0, 0.05) is 30.3 Å². The van der Waals surface area contributed by atoms with Crippen molar-refractivity contribution in [3.05, 3.63) is 32.4 Å². The number of urea groups is 2. The molecule has 0 aromatic carbocycles. The second kappa shape index (κ2) is 9.60. The fraction of sp³-hybridized carbons (Fsp3) is 0.412. The lowest BCUT2D eigenvalue weighted by atomic mass is 10.1. The Morgan fingerprint density at radius 2 is 2.20 bits per heavy atom. The molecule has 3 heterocycles. The van der Waals surface area contributed by atoms with Gasteiger partial charge in [-0.3, -0.25) is 10.1 Å². The minimum absolute atomic E-state index is 0.0388. The number of nitrogens with one attached hydrogen (secondary N) is 2. The van der Waals surface area contributed by atoms with Gasteiger partial charge in [-0.05, 0) is 12.1 Å². The minimum Gasteiger partial charge on any atom is -0.391 e. The van der Waals surface area contributed by atoms with Gasteiger partial charge in [-0.15, -0.1) is 22.7 Å². The molecule has 2 unspecified atom stereocenters. The zero-order chi connectivity index (χ0) is 21.8. The second-order valence-corrected chi connectivity index (χ2v) is 9.41. The number of aliphatic hydroxyl groups excluding tert-OH is 1. The molecular formula is C17H21ClN6O4S2. The molecule has 2 atom stereocenters. The standard InChI is InChI=1S/C17H21ClN6O4S2/c1-23(14(26)12-4-10(25)7-24(12)15(19)27)6-9-8-29-17(21-9)22-16(28)20-5-11-2-3-13(18)30-11/h2-3,8,10,12,25H,4-7H2,1H3,(H2,19,27)(H2,20,21,22,28). The van der Waals surface area contributed by atoms with E-state index in [1.54, 1.807) is 18.5 Å². The summed E-state index contributed by atoms with van der Waals surface area (Å²) in [6.45, 7) is 0.574. The number of hydrogen-bond donors (Lipinski definition) is 4. The maximum absolute atomic E-state index is 12.7. The Labute approximate surface area is 185 Å². The number of rotatable bonds is 6. The Hall–Kier alpha value is -2.41. The number of carbonyl (C=O) groups is 3. The Kier molecular flexibility index (Phi) is 7.13. The fourth-order valence-corrected chi connectivity index (χ4v) is 4.78. The van der Waals surface area contributed by atoms with Crippen LogP contribution in [-0.4, -0.2) is 63.6 Å². The van der Waals surface area contributed by atoms with E-state index in [1.807, 2.05) is 6.07 Å². The van der Waals surface area contributed by atoms with Crippen LogP contribution in [0.15, 0.2) is 17.5 Å². The predicted octanol–water partition coefficient (Wildman–Crippen LogP) is 1.65. The molecule has 0 bridgehead atoms. The first kappa shape index (κ1) is 22.3. The first-order valence-corrected chi connectivity index (χ1v) is 11.0. The summed E-state index contributed by atoms with van der Waals surface area (Å²) in [5.74, 6) is -0.333. The van der Waals surface area contributed by atoms with Gasteiger partial charge in [-0.1, -0.05) is 11.6 Å². The minimum atomic E-state index is -0.796. The summed E-state index contributed by atoms with van der Waals surface area (Å²) in [4.78, 5) is 44.0. The van der Waals surface area contributed by atoms with Crippen LogP contribution in [0.4, 0.5) is 14.7 Å². The molecule has 30 heavy (non-hydrogen) atoms. The Morgan fingerprint density at radius 3 is 2.87 bits per heavy atom. The molecule has 1 aliphatic heterocycles.